The fourth-order valence-electron chi connectivity index (χ4n) is 2.90. The molecule has 6 nitrogen and oxygen atoms in total. The molecule has 134 valence electrons. The van der Waals surface area contributed by atoms with E-state index in [0.717, 1.165) is 59.1 Å². The molecule has 0 atom stereocenters. The van der Waals surface area contributed by atoms with Crippen molar-refractivity contribution in [2.45, 2.75) is 6.92 Å². The highest BCUT2D eigenvalue weighted by atomic mass is 32.1. The van der Waals surface area contributed by atoms with E-state index in [1.807, 2.05) is 43.5 Å². The molecule has 1 fully saturated rings. The fourth-order valence-corrected chi connectivity index (χ4v) is 3.84. The molecule has 3 aromatic heterocycles. The van der Waals surface area contributed by atoms with Gasteiger partial charge in [0.15, 0.2) is 5.13 Å². The van der Waals surface area contributed by atoms with Crippen LogP contribution in [0.5, 0.6) is 0 Å². The van der Waals surface area contributed by atoms with Gasteiger partial charge >= 0.3 is 0 Å². The van der Waals surface area contributed by atoms with Crippen LogP contribution >= 0.6 is 11.3 Å². The highest BCUT2D eigenvalue weighted by molar-refractivity contribution is 7.18. The third kappa shape index (κ3) is 3.84. The van der Waals surface area contributed by atoms with Gasteiger partial charge in [0.25, 0.3) is 0 Å². The van der Waals surface area contributed by atoms with E-state index in [0.29, 0.717) is 0 Å². The third-order valence-corrected chi connectivity index (χ3v) is 5.52. The van der Waals surface area contributed by atoms with Crippen molar-refractivity contribution in [1.29, 1.82) is 0 Å². The van der Waals surface area contributed by atoms with Crippen LogP contribution in [0, 0.1) is 6.92 Å². The van der Waals surface area contributed by atoms with Crippen LogP contribution in [0.1, 0.15) is 5.56 Å². The Bertz CT molecular complexity index is 885. The molecule has 0 aromatic carbocycles. The van der Waals surface area contributed by atoms with Gasteiger partial charge in [0.2, 0.25) is 0 Å². The Morgan fingerprint density at radius 3 is 2.69 bits per heavy atom. The van der Waals surface area contributed by atoms with Crippen LogP contribution in [0.25, 0.3) is 10.6 Å². The van der Waals surface area contributed by atoms with Crippen LogP contribution in [-0.2, 0) is 0 Å². The molecule has 0 radical (unpaired) electrons. The summed E-state index contributed by atoms with van der Waals surface area (Å²) < 4.78 is 0. The van der Waals surface area contributed by atoms with Gasteiger partial charge in [0, 0.05) is 38.6 Å². The third-order valence-electron chi connectivity index (χ3n) is 4.44. The molecular formula is C19H22N6S. The van der Waals surface area contributed by atoms with Crippen molar-refractivity contribution in [2.24, 2.45) is 0 Å². The first-order chi connectivity index (χ1) is 12.7. The molecule has 0 spiro atoms. The molecule has 4 rings (SSSR count). The van der Waals surface area contributed by atoms with E-state index in [-0.39, 0.29) is 0 Å². The van der Waals surface area contributed by atoms with Gasteiger partial charge in [-0.25, -0.2) is 15.0 Å². The molecule has 1 aliphatic heterocycles. The standard InChI is InChI=1S/C19H22N6S/c1-14-6-7-20-18(12-14)23-17-5-3-4-15(22-17)16-13-21-19(26-16)25-10-8-24(2)9-11-25/h3-7,12-13H,8-11H2,1-2H3,(H,20,22,23). The van der Waals surface area contributed by atoms with Crippen molar-refractivity contribution < 1.29 is 0 Å². The minimum atomic E-state index is 0.787. The fraction of sp³-hybridized carbons (Fsp3) is 0.316. The predicted molar refractivity (Wildman–Crippen MR) is 107 cm³/mol. The molecule has 26 heavy (non-hydrogen) atoms. The van der Waals surface area contributed by atoms with E-state index < -0.39 is 0 Å². The summed E-state index contributed by atoms with van der Waals surface area (Å²) in [7, 11) is 2.16. The number of hydrogen-bond acceptors (Lipinski definition) is 7. The molecule has 3 aromatic rings. The number of anilines is 3. The normalized spacial score (nSPS) is 15.2. The van der Waals surface area contributed by atoms with Crippen molar-refractivity contribution >= 4 is 28.1 Å². The first kappa shape index (κ1) is 16.9. The summed E-state index contributed by atoms with van der Waals surface area (Å²) in [6.45, 7) is 6.26. The molecule has 4 heterocycles. The zero-order valence-corrected chi connectivity index (χ0v) is 15.8. The van der Waals surface area contributed by atoms with E-state index in [1.165, 1.54) is 0 Å². The van der Waals surface area contributed by atoms with Crippen molar-refractivity contribution in [3.63, 3.8) is 0 Å². The average molecular weight is 366 g/mol. The minimum Gasteiger partial charge on any atom is -0.346 e. The second-order valence-electron chi connectivity index (χ2n) is 6.55. The SMILES string of the molecule is Cc1ccnc(Nc2cccc(-c3cnc(N4CCN(C)CC4)s3)n2)c1. The van der Waals surface area contributed by atoms with Gasteiger partial charge in [-0.3, -0.25) is 0 Å². The second-order valence-corrected chi connectivity index (χ2v) is 7.56. The lowest BCUT2D eigenvalue weighted by molar-refractivity contribution is 0.313. The number of rotatable bonds is 4. The summed E-state index contributed by atoms with van der Waals surface area (Å²) in [4.78, 5) is 19.5. The van der Waals surface area contributed by atoms with Crippen LogP contribution in [0.2, 0.25) is 0 Å². The van der Waals surface area contributed by atoms with E-state index in [4.69, 9.17) is 4.98 Å². The molecule has 1 N–H and O–H groups in total. The van der Waals surface area contributed by atoms with Crippen LogP contribution in [0.3, 0.4) is 0 Å². The summed E-state index contributed by atoms with van der Waals surface area (Å²) in [5.74, 6) is 1.59. The van der Waals surface area contributed by atoms with Crippen molar-refractivity contribution in [2.75, 3.05) is 43.4 Å². The second kappa shape index (κ2) is 7.39. The largest absolute Gasteiger partial charge is 0.346 e. The first-order valence-corrected chi connectivity index (χ1v) is 9.55. The number of nitrogens with zero attached hydrogens (tertiary/aromatic N) is 5. The van der Waals surface area contributed by atoms with Crippen LogP contribution < -0.4 is 10.2 Å². The number of thiazole rings is 1. The van der Waals surface area contributed by atoms with Gasteiger partial charge in [-0.15, -0.1) is 0 Å². The molecule has 0 bridgehead atoms. The summed E-state index contributed by atoms with van der Waals surface area (Å²) in [5.41, 5.74) is 2.10. The quantitative estimate of drug-likeness (QED) is 0.764. The Morgan fingerprint density at radius 1 is 1.04 bits per heavy atom. The van der Waals surface area contributed by atoms with E-state index in [9.17, 15) is 0 Å². The Labute approximate surface area is 157 Å². The smallest absolute Gasteiger partial charge is 0.185 e. The number of nitrogens with one attached hydrogen (secondary N) is 1. The lowest BCUT2D eigenvalue weighted by Crippen LogP contribution is -2.44. The van der Waals surface area contributed by atoms with Gasteiger partial charge in [-0.05, 0) is 43.8 Å². The predicted octanol–water partition coefficient (Wildman–Crippen LogP) is 3.40. The highest BCUT2D eigenvalue weighted by Crippen LogP contribution is 2.31. The number of likely N-dealkylation sites (N-methyl/N-ethyl adjacent to an activating group) is 1. The first-order valence-electron chi connectivity index (χ1n) is 8.74. The topological polar surface area (TPSA) is 57.2 Å². The monoisotopic (exact) mass is 366 g/mol. The Balaban J connectivity index is 1.51. The zero-order chi connectivity index (χ0) is 17.9. The molecule has 0 aliphatic carbocycles. The lowest BCUT2D eigenvalue weighted by atomic mass is 10.3. The molecule has 1 aliphatic rings. The average Bonchev–Trinajstić information content (AvgIpc) is 3.13. The number of piperazine rings is 1. The lowest BCUT2D eigenvalue weighted by Gasteiger charge is -2.32. The maximum Gasteiger partial charge on any atom is 0.185 e. The van der Waals surface area contributed by atoms with Crippen LogP contribution in [0.4, 0.5) is 16.8 Å². The van der Waals surface area contributed by atoms with Gasteiger partial charge in [0.05, 0.1) is 10.6 Å². The summed E-state index contributed by atoms with van der Waals surface area (Å²) >= 11 is 1.70. The van der Waals surface area contributed by atoms with Gasteiger partial charge in [-0.2, -0.15) is 0 Å². The number of pyridine rings is 2. The van der Waals surface area contributed by atoms with Crippen molar-refractivity contribution in [3.05, 3.63) is 48.3 Å². The minimum absolute atomic E-state index is 0.787. The van der Waals surface area contributed by atoms with Gasteiger partial charge in [0.1, 0.15) is 11.6 Å². The van der Waals surface area contributed by atoms with Crippen molar-refractivity contribution in [1.82, 2.24) is 19.9 Å². The number of hydrogen-bond donors (Lipinski definition) is 1. The van der Waals surface area contributed by atoms with Crippen LogP contribution in [-0.4, -0.2) is 53.1 Å². The Hall–Kier alpha value is -2.51. The number of aryl methyl sites for hydroxylation is 1. The van der Waals surface area contributed by atoms with Gasteiger partial charge < -0.3 is 15.1 Å². The Kier molecular flexibility index (Phi) is 4.81. The summed E-state index contributed by atoms with van der Waals surface area (Å²) in [6.07, 6.45) is 3.72. The maximum absolute atomic E-state index is 4.73. The Morgan fingerprint density at radius 2 is 1.88 bits per heavy atom. The molecule has 0 amide bonds. The number of aromatic nitrogens is 3. The summed E-state index contributed by atoms with van der Waals surface area (Å²) in [5, 5.41) is 4.35. The maximum atomic E-state index is 4.73. The van der Waals surface area contributed by atoms with E-state index in [1.54, 1.807) is 17.5 Å². The zero-order valence-electron chi connectivity index (χ0n) is 15.0. The molecular weight excluding hydrogens is 344 g/mol. The molecule has 0 unspecified atom stereocenters. The highest BCUT2D eigenvalue weighted by Gasteiger charge is 2.17. The van der Waals surface area contributed by atoms with Crippen LogP contribution in [0.15, 0.2) is 42.7 Å². The van der Waals surface area contributed by atoms with E-state index in [2.05, 4.69) is 32.1 Å². The summed E-state index contributed by atoms with van der Waals surface area (Å²) in [6, 6.07) is 9.97. The molecule has 7 heteroatoms. The van der Waals surface area contributed by atoms with E-state index >= 15 is 0 Å². The molecule has 0 saturated carbocycles. The van der Waals surface area contributed by atoms with Crippen molar-refractivity contribution in [3.8, 4) is 10.6 Å². The van der Waals surface area contributed by atoms with Gasteiger partial charge in [-0.1, -0.05) is 17.4 Å². The molecule has 1 saturated heterocycles.